The minimum Gasteiger partial charge on any atom is -0.451 e. The third-order valence-electron chi connectivity index (χ3n) is 5.49. The van der Waals surface area contributed by atoms with Crippen molar-refractivity contribution < 1.29 is 14.3 Å². The van der Waals surface area contributed by atoms with Crippen LogP contribution < -0.4 is 10.9 Å². The highest BCUT2D eigenvalue weighted by Gasteiger charge is 2.28. The fraction of sp³-hybridized carbons (Fsp3) is 0.579. The third-order valence-corrected chi connectivity index (χ3v) is 6.66. The normalized spacial score (nSPS) is 22.6. The minimum atomic E-state index is -0.604. The van der Waals surface area contributed by atoms with Crippen LogP contribution in [0.15, 0.2) is 4.79 Å². The Morgan fingerprint density at radius 2 is 2.04 bits per heavy atom. The molecule has 146 valence electrons. The number of esters is 1. The van der Waals surface area contributed by atoms with E-state index in [2.05, 4.69) is 29.1 Å². The van der Waals surface area contributed by atoms with Crippen LogP contribution in [-0.4, -0.2) is 34.5 Å². The molecule has 0 bridgehead atoms. The SMILES string of the molecule is Cc1nc2sc(C(=O)OCC(=O)N[C@@H]3CCC[C@H](C)[C@@H]3C)c(C)c2c(=O)[nH]1. The number of ether oxygens (including phenoxy) is 1. The molecule has 2 N–H and O–H groups in total. The second kappa shape index (κ2) is 7.80. The Kier molecular flexibility index (Phi) is 5.64. The fourth-order valence-corrected chi connectivity index (χ4v) is 4.80. The summed E-state index contributed by atoms with van der Waals surface area (Å²) in [5, 5.41) is 3.38. The molecule has 3 atom stereocenters. The lowest BCUT2D eigenvalue weighted by atomic mass is 9.78. The average molecular weight is 391 g/mol. The Labute approximate surface area is 161 Å². The monoisotopic (exact) mass is 391 g/mol. The second-order valence-electron chi connectivity index (χ2n) is 7.41. The molecule has 0 unspecified atom stereocenters. The van der Waals surface area contributed by atoms with E-state index in [4.69, 9.17) is 4.74 Å². The number of aromatic amines is 1. The van der Waals surface area contributed by atoms with Crippen molar-refractivity contribution in [2.75, 3.05) is 6.61 Å². The zero-order chi connectivity index (χ0) is 19.7. The molecule has 1 aliphatic carbocycles. The van der Waals surface area contributed by atoms with Crippen LogP contribution >= 0.6 is 11.3 Å². The number of nitrogens with one attached hydrogen (secondary N) is 2. The summed E-state index contributed by atoms with van der Waals surface area (Å²) in [7, 11) is 0. The number of aromatic nitrogens is 2. The minimum absolute atomic E-state index is 0.122. The molecule has 0 aromatic carbocycles. The van der Waals surface area contributed by atoms with Crippen LogP contribution in [0, 0.1) is 25.7 Å². The number of thiophene rings is 1. The van der Waals surface area contributed by atoms with Crippen LogP contribution in [0.3, 0.4) is 0 Å². The van der Waals surface area contributed by atoms with Crippen molar-refractivity contribution >= 4 is 33.4 Å². The highest BCUT2D eigenvalue weighted by Crippen LogP contribution is 2.30. The Morgan fingerprint density at radius 3 is 2.78 bits per heavy atom. The lowest BCUT2D eigenvalue weighted by Gasteiger charge is -2.34. The van der Waals surface area contributed by atoms with Crippen molar-refractivity contribution in [3.63, 3.8) is 0 Å². The molecule has 2 aromatic rings. The van der Waals surface area contributed by atoms with E-state index in [1.54, 1.807) is 13.8 Å². The largest absolute Gasteiger partial charge is 0.451 e. The van der Waals surface area contributed by atoms with Gasteiger partial charge in [-0.3, -0.25) is 9.59 Å². The molecular weight excluding hydrogens is 366 g/mol. The van der Waals surface area contributed by atoms with Gasteiger partial charge in [-0.25, -0.2) is 9.78 Å². The molecule has 1 aliphatic rings. The molecule has 0 saturated heterocycles. The lowest BCUT2D eigenvalue weighted by Crippen LogP contribution is -2.45. The van der Waals surface area contributed by atoms with E-state index in [1.807, 2.05) is 0 Å². The molecule has 8 heteroatoms. The van der Waals surface area contributed by atoms with E-state index in [9.17, 15) is 14.4 Å². The second-order valence-corrected chi connectivity index (χ2v) is 8.40. The predicted molar refractivity (Wildman–Crippen MR) is 104 cm³/mol. The smallest absolute Gasteiger partial charge is 0.349 e. The molecule has 1 saturated carbocycles. The van der Waals surface area contributed by atoms with Crippen LogP contribution in [0.1, 0.15) is 54.2 Å². The van der Waals surface area contributed by atoms with Crippen molar-refractivity contribution in [1.82, 2.24) is 15.3 Å². The van der Waals surface area contributed by atoms with Gasteiger partial charge in [-0.1, -0.05) is 26.7 Å². The molecule has 1 fully saturated rings. The maximum absolute atomic E-state index is 12.4. The number of aryl methyl sites for hydroxylation is 2. The first-order valence-corrected chi connectivity index (χ1v) is 10.1. The Bertz CT molecular complexity index is 933. The van der Waals surface area contributed by atoms with Crippen LogP contribution in [0.25, 0.3) is 10.2 Å². The van der Waals surface area contributed by atoms with Crippen LogP contribution in [0.4, 0.5) is 0 Å². The van der Waals surface area contributed by atoms with Crippen LogP contribution in [0.2, 0.25) is 0 Å². The van der Waals surface area contributed by atoms with Crippen LogP contribution in [-0.2, 0) is 9.53 Å². The third kappa shape index (κ3) is 4.05. The van der Waals surface area contributed by atoms with Gasteiger partial charge in [0.25, 0.3) is 11.5 Å². The number of rotatable bonds is 4. The van der Waals surface area contributed by atoms with Gasteiger partial charge in [-0.15, -0.1) is 11.3 Å². The Hall–Kier alpha value is -2.22. The van der Waals surface area contributed by atoms with E-state index in [0.717, 1.165) is 24.2 Å². The first kappa shape index (κ1) is 19.5. The number of hydrogen-bond donors (Lipinski definition) is 2. The molecule has 0 spiro atoms. The summed E-state index contributed by atoms with van der Waals surface area (Å²) in [5.41, 5.74) is 0.257. The van der Waals surface area contributed by atoms with E-state index >= 15 is 0 Å². The number of carbonyl (C=O) groups is 2. The summed E-state index contributed by atoms with van der Waals surface area (Å²) in [6.07, 6.45) is 3.23. The summed E-state index contributed by atoms with van der Waals surface area (Å²) in [6.45, 7) is 7.39. The maximum Gasteiger partial charge on any atom is 0.349 e. The van der Waals surface area contributed by atoms with Crippen molar-refractivity contribution in [3.8, 4) is 0 Å². The van der Waals surface area contributed by atoms with E-state index in [-0.39, 0.29) is 24.1 Å². The molecular formula is C19H25N3O4S. The number of nitrogens with zero attached hydrogens (tertiary/aromatic N) is 1. The number of hydrogen-bond acceptors (Lipinski definition) is 6. The molecule has 1 amide bonds. The first-order valence-electron chi connectivity index (χ1n) is 9.24. The van der Waals surface area contributed by atoms with Crippen molar-refractivity contribution in [2.24, 2.45) is 11.8 Å². The van der Waals surface area contributed by atoms with Gasteiger partial charge in [0, 0.05) is 6.04 Å². The van der Waals surface area contributed by atoms with Gasteiger partial charge in [-0.2, -0.15) is 0 Å². The quantitative estimate of drug-likeness (QED) is 0.781. The highest BCUT2D eigenvalue weighted by atomic mass is 32.1. The van der Waals surface area contributed by atoms with Crippen LogP contribution in [0.5, 0.6) is 0 Å². The van der Waals surface area contributed by atoms with E-state index in [0.29, 0.717) is 38.3 Å². The summed E-state index contributed by atoms with van der Waals surface area (Å²) >= 11 is 1.11. The van der Waals surface area contributed by atoms with Gasteiger partial charge in [0.15, 0.2) is 6.61 Å². The zero-order valence-corrected chi connectivity index (χ0v) is 16.9. The van der Waals surface area contributed by atoms with Gasteiger partial charge in [-0.05, 0) is 37.7 Å². The van der Waals surface area contributed by atoms with E-state index < -0.39 is 5.97 Å². The van der Waals surface area contributed by atoms with Crippen molar-refractivity contribution in [2.45, 2.75) is 53.0 Å². The zero-order valence-electron chi connectivity index (χ0n) is 16.0. The number of amides is 1. The molecule has 2 heterocycles. The standard InChI is InChI=1S/C19H25N3O4S/c1-9-6-5-7-13(10(9)2)22-14(23)8-26-19(25)16-11(3)15-17(24)20-12(4)21-18(15)27-16/h9-10,13H,5-8H2,1-4H3,(H,22,23)(H,20,21,24)/t9-,10-,13+/m0/s1. The Balaban J connectivity index is 1.65. The summed E-state index contributed by atoms with van der Waals surface area (Å²) < 4.78 is 5.19. The molecule has 0 aliphatic heterocycles. The lowest BCUT2D eigenvalue weighted by molar-refractivity contribution is -0.125. The van der Waals surface area contributed by atoms with E-state index in [1.165, 1.54) is 6.42 Å². The molecule has 27 heavy (non-hydrogen) atoms. The maximum atomic E-state index is 12.4. The average Bonchev–Trinajstić information content (AvgIpc) is 2.93. The van der Waals surface area contributed by atoms with Crippen molar-refractivity contribution in [1.29, 1.82) is 0 Å². The Morgan fingerprint density at radius 1 is 1.30 bits per heavy atom. The fourth-order valence-electron chi connectivity index (χ4n) is 3.68. The summed E-state index contributed by atoms with van der Waals surface area (Å²) in [4.78, 5) is 44.4. The van der Waals surface area contributed by atoms with Gasteiger partial charge in [0.2, 0.25) is 0 Å². The summed E-state index contributed by atoms with van der Waals surface area (Å²) in [5.74, 6) is 0.572. The number of H-pyrrole nitrogens is 1. The molecule has 2 aromatic heterocycles. The predicted octanol–water partition coefficient (Wildman–Crippen LogP) is 2.70. The highest BCUT2D eigenvalue weighted by molar-refractivity contribution is 7.20. The molecule has 7 nitrogen and oxygen atoms in total. The first-order chi connectivity index (χ1) is 12.8. The van der Waals surface area contributed by atoms with Gasteiger partial charge in [0.05, 0.1) is 5.39 Å². The summed E-state index contributed by atoms with van der Waals surface area (Å²) in [6, 6.07) is 0.122. The van der Waals surface area contributed by atoms with Gasteiger partial charge < -0.3 is 15.0 Å². The number of fused-ring (bicyclic) bond motifs is 1. The number of carbonyl (C=O) groups excluding carboxylic acids is 2. The van der Waals surface area contributed by atoms with Crippen molar-refractivity contribution in [3.05, 3.63) is 26.6 Å². The molecule has 0 radical (unpaired) electrons. The van der Waals surface area contributed by atoms with Gasteiger partial charge >= 0.3 is 5.97 Å². The molecule has 3 rings (SSSR count). The topological polar surface area (TPSA) is 101 Å². The van der Waals surface area contributed by atoms with Gasteiger partial charge in [0.1, 0.15) is 15.5 Å².